The molecule has 3 heterocycles. The molecule has 0 aliphatic heterocycles. The monoisotopic (exact) mass is 848 g/mol. The van der Waals surface area contributed by atoms with E-state index in [-0.39, 0.29) is 26.5 Å². The van der Waals surface area contributed by atoms with Crippen LogP contribution in [0.1, 0.15) is 37.9 Å². The zero-order valence-electron chi connectivity index (χ0n) is 28.3. The van der Waals surface area contributed by atoms with Gasteiger partial charge in [0.25, 0.3) is 0 Å². The maximum Gasteiger partial charge on any atom is 2.00 e. The number of hydrogen-bond donors (Lipinski definition) is 0. The molecule has 1 aliphatic rings. The third-order valence-corrected chi connectivity index (χ3v) is 13.8. The third-order valence-electron chi connectivity index (χ3n) is 9.30. The fourth-order valence-electron chi connectivity index (χ4n) is 6.92. The van der Waals surface area contributed by atoms with Crippen molar-refractivity contribution < 1.29 is 21.1 Å². The molecule has 0 radical (unpaired) electrons. The average Bonchev–Trinajstić information content (AvgIpc) is 3.61. The molecule has 50 heavy (non-hydrogen) atoms. The van der Waals surface area contributed by atoms with Gasteiger partial charge in [0.15, 0.2) is 0 Å². The SMILES string of the molecule is CC1(C)CCCc2c1n[n-]c2-c1cccc([Si](c2ccccc2)(c2ccccc2)c2ccccn2)n1.[Pt+2].c1ccc([N-]c2ccccc2)cc1. The van der Waals surface area contributed by atoms with E-state index in [4.69, 9.17) is 15.1 Å². The standard InChI is InChI=1S/C31H29N4Si.C12H10N.Pt/c1-31(2)21-12-17-25-29(34-35-30(25)31)26-18-11-20-28(33-26)36(23-13-5-3-6-14-23,24-15-7-4-8-16-24)27-19-9-10-22-32-27;1-3-7-11(8-4-1)13-12-9-5-2-6-10-12;/h3-11,13-16,18-20,22H,12,17,21H2,1-2H3;1-10H;/q2*-1;+2. The van der Waals surface area contributed by atoms with E-state index in [1.807, 2.05) is 72.9 Å². The molecule has 0 spiro atoms. The van der Waals surface area contributed by atoms with Crippen molar-refractivity contribution in [3.05, 3.63) is 180 Å². The Labute approximate surface area is 310 Å². The van der Waals surface area contributed by atoms with Gasteiger partial charge in [0.2, 0.25) is 8.07 Å². The van der Waals surface area contributed by atoms with Crippen LogP contribution in [0.4, 0.5) is 11.4 Å². The Morgan fingerprint density at radius 1 is 0.620 bits per heavy atom. The van der Waals surface area contributed by atoms with Crippen molar-refractivity contribution in [1.82, 2.24) is 20.2 Å². The largest absolute Gasteiger partial charge is 2.00 e. The van der Waals surface area contributed by atoms with Crippen LogP contribution >= 0.6 is 0 Å². The molecule has 1 aliphatic carbocycles. The van der Waals surface area contributed by atoms with E-state index in [1.54, 1.807) is 0 Å². The number of para-hydroxylation sites is 2. The molecule has 0 N–H and O–H groups in total. The van der Waals surface area contributed by atoms with E-state index in [1.165, 1.54) is 15.9 Å². The number of fused-ring (bicyclic) bond motifs is 1. The van der Waals surface area contributed by atoms with Gasteiger partial charge in [-0.25, -0.2) is 0 Å². The number of aromatic nitrogens is 4. The Balaban J connectivity index is 0.000000260. The van der Waals surface area contributed by atoms with Crippen molar-refractivity contribution in [1.29, 1.82) is 0 Å². The van der Waals surface area contributed by atoms with E-state index in [0.29, 0.717) is 0 Å². The summed E-state index contributed by atoms with van der Waals surface area (Å²) in [4.78, 5) is 10.3. The molecule has 3 aromatic heterocycles. The Hall–Kier alpha value is -4.90. The normalized spacial score (nSPS) is 13.2. The van der Waals surface area contributed by atoms with Crippen LogP contribution in [-0.2, 0) is 32.9 Å². The van der Waals surface area contributed by atoms with Gasteiger partial charge in [0.1, 0.15) is 0 Å². The number of nitrogens with zero attached hydrogens (tertiary/aromatic N) is 5. The zero-order chi connectivity index (χ0) is 33.5. The molecule has 0 fully saturated rings. The first-order chi connectivity index (χ1) is 24.1. The van der Waals surface area contributed by atoms with Crippen molar-refractivity contribution in [3.8, 4) is 11.4 Å². The molecule has 0 amide bonds. The molecule has 4 aromatic carbocycles. The Morgan fingerprint density at radius 3 is 1.72 bits per heavy atom. The molecule has 8 rings (SSSR count). The second-order valence-corrected chi connectivity index (χ2v) is 16.7. The van der Waals surface area contributed by atoms with Crippen LogP contribution in [0, 0.1) is 0 Å². The molecule has 5 nitrogen and oxygen atoms in total. The van der Waals surface area contributed by atoms with Gasteiger partial charge in [-0.2, -0.15) is 0 Å². The number of benzene rings is 4. The van der Waals surface area contributed by atoms with Crippen LogP contribution in [0.15, 0.2) is 164 Å². The summed E-state index contributed by atoms with van der Waals surface area (Å²) in [6.45, 7) is 4.55. The van der Waals surface area contributed by atoms with Crippen molar-refractivity contribution >= 4 is 40.5 Å². The summed E-state index contributed by atoms with van der Waals surface area (Å²) in [5.74, 6) is 0. The predicted octanol–water partition coefficient (Wildman–Crippen LogP) is 7.51. The fourth-order valence-corrected chi connectivity index (χ4v) is 11.3. The quantitative estimate of drug-likeness (QED) is 0.156. The first-order valence-corrected chi connectivity index (χ1v) is 18.9. The van der Waals surface area contributed by atoms with Gasteiger partial charge in [0, 0.05) is 33.6 Å². The maximum absolute atomic E-state index is 5.39. The van der Waals surface area contributed by atoms with E-state index in [0.717, 1.165) is 58.4 Å². The molecule has 0 unspecified atom stereocenters. The Kier molecular flexibility index (Phi) is 11.0. The second kappa shape index (κ2) is 15.8. The zero-order valence-corrected chi connectivity index (χ0v) is 31.5. The molecule has 0 atom stereocenters. The van der Waals surface area contributed by atoms with Crippen LogP contribution in [0.3, 0.4) is 0 Å². The number of rotatable bonds is 7. The molecule has 0 saturated carbocycles. The van der Waals surface area contributed by atoms with Gasteiger partial charge >= 0.3 is 21.1 Å². The minimum Gasteiger partial charge on any atom is -0.658 e. The first-order valence-electron chi connectivity index (χ1n) is 16.9. The van der Waals surface area contributed by atoms with Crippen molar-refractivity contribution in [3.63, 3.8) is 0 Å². The maximum atomic E-state index is 5.39. The van der Waals surface area contributed by atoms with Gasteiger partial charge in [-0.15, -0.1) is 11.4 Å². The molecular weight excluding hydrogens is 810 g/mol. The van der Waals surface area contributed by atoms with Crippen LogP contribution in [-0.4, -0.2) is 23.1 Å². The van der Waals surface area contributed by atoms with Crippen LogP contribution < -0.4 is 26.1 Å². The summed E-state index contributed by atoms with van der Waals surface area (Å²) >= 11 is 0. The molecule has 7 heteroatoms. The van der Waals surface area contributed by atoms with E-state index in [2.05, 4.69) is 115 Å². The first kappa shape index (κ1) is 34.9. The third kappa shape index (κ3) is 7.18. The summed E-state index contributed by atoms with van der Waals surface area (Å²) in [6.07, 6.45) is 5.20. The Bertz CT molecular complexity index is 1950. The summed E-state index contributed by atoms with van der Waals surface area (Å²) in [5, 5.41) is 18.4. The minimum absolute atomic E-state index is 0. The Morgan fingerprint density at radius 2 is 1.16 bits per heavy atom. The van der Waals surface area contributed by atoms with E-state index in [9.17, 15) is 0 Å². The van der Waals surface area contributed by atoms with Gasteiger partial charge in [-0.1, -0.05) is 153 Å². The van der Waals surface area contributed by atoms with Gasteiger partial charge in [0.05, 0.1) is 0 Å². The van der Waals surface area contributed by atoms with Gasteiger partial charge < -0.3 is 15.5 Å². The smallest absolute Gasteiger partial charge is 0.658 e. The van der Waals surface area contributed by atoms with Crippen molar-refractivity contribution in [2.75, 3.05) is 0 Å². The summed E-state index contributed by atoms with van der Waals surface area (Å²) < 4.78 is 0. The van der Waals surface area contributed by atoms with Crippen LogP contribution in [0.25, 0.3) is 16.7 Å². The minimum atomic E-state index is -2.78. The number of hydrogen-bond acceptors (Lipinski definition) is 3. The van der Waals surface area contributed by atoms with Gasteiger partial charge in [-0.05, 0) is 59.5 Å². The topological polar surface area (TPSA) is 66.9 Å². The van der Waals surface area contributed by atoms with E-state index < -0.39 is 8.07 Å². The second-order valence-electron chi connectivity index (χ2n) is 13.0. The van der Waals surface area contributed by atoms with Crippen LogP contribution in [0.5, 0.6) is 0 Å². The molecule has 0 bridgehead atoms. The van der Waals surface area contributed by atoms with Crippen LogP contribution in [0.2, 0.25) is 0 Å². The summed E-state index contributed by atoms with van der Waals surface area (Å²) in [6, 6.07) is 54.1. The molecule has 250 valence electrons. The van der Waals surface area contributed by atoms with Crippen molar-refractivity contribution in [2.24, 2.45) is 0 Å². The van der Waals surface area contributed by atoms with E-state index >= 15 is 0 Å². The summed E-state index contributed by atoms with van der Waals surface area (Å²) in [5.41, 5.74) is 6.28. The average molecular weight is 849 g/mol. The van der Waals surface area contributed by atoms with Crippen molar-refractivity contribution in [2.45, 2.75) is 38.5 Å². The predicted molar refractivity (Wildman–Crippen MR) is 204 cm³/mol. The summed E-state index contributed by atoms with van der Waals surface area (Å²) in [7, 11) is -2.78. The number of pyridine rings is 2. The van der Waals surface area contributed by atoms with Gasteiger partial charge in [-0.3, -0.25) is 9.97 Å². The molecule has 0 saturated heterocycles. The molecule has 7 aromatic rings. The molecular formula is C43H39N5PtSi. The fraction of sp³-hybridized carbons (Fsp3) is 0.140.